The third kappa shape index (κ3) is 4.37. The van der Waals surface area contributed by atoms with E-state index < -0.39 is 5.82 Å². The van der Waals surface area contributed by atoms with Gasteiger partial charge < -0.3 is 15.3 Å². The van der Waals surface area contributed by atoms with Crippen LogP contribution in [0.15, 0.2) is 18.2 Å². The van der Waals surface area contributed by atoms with Gasteiger partial charge in [-0.15, -0.1) is 0 Å². The summed E-state index contributed by atoms with van der Waals surface area (Å²) in [7, 11) is 0. The summed E-state index contributed by atoms with van der Waals surface area (Å²) >= 11 is 5.81. The number of anilines is 1. The molecule has 2 aliphatic heterocycles. The van der Waals surface area contributed by atoms with Crippen molar-refractivity contribution < 1.29 is 14.3 Å². The van der Waals surface area contributed by atoms with Crippen molar-refractivity contribution in [3.63, 3.8) is 0 Å². The number of amides is 2. The fourth-order valence-corrected chi connectivity index (χ4v) is 3.80. The average molecular weight is 356 g/mol. The first-order valence-electron chi connectivity index (χ1n) is 8.45. The van der Waals surface area contributed by atoms with E-state index in [2.05, 4.69) is 10.2 Å². The van der Waals surface area contributed by atoms with Crippen molar-refractivity contribution in [2.75, 3.05) is 31.5 Å². The minimum atomic E-state index is -0.472. The quantitative estimate of drug-likeness (QED) is 0.857. The van der Waals surface area contributed by atoms with Crippen molar-refractivity contribution in [2.45, 2.75) is 37.8 Å². The second-order valence-electron chi connectivity index (χ2n) is 6.60. The van der Waals surface area contributed by atoms with Crippen LogP contribution in [0.4, 0.5) is 14.9 Å². The van der Waals surface area contributed by atoms with E-state index >= 15 is 0 Å². The molecule has 0 saturated carbocycles. The number of nitrogens with zero attached hydrogens (tertiary/aromatic N) is 2. The Hall–Kier alpha value is -1.37. The minimum absolute atomic E-state index is 0.224. The topological polar surface area (TPSA) is 55.8 Å². The van der Waals surface area contributed by atoms with Gasteiger partial charge in [-0.05, 0) is 50.4 Å². The predicted octanol–water partition coefficient (Wildman–Crippen LogP) is 2.93. The number of halogens is 2. The lowest BCUT2D eigenvalue weighted by molar-refractivity contribution is 0.0298. The molecule has 2 saturated heterocycles. The Morgan fingerprint density at radius 3 is 2.62 bits per heavy atom. The summed E-state index contributed by atoms with van der Waals surface area (Å²) in [6.45, 7) is 3.08. The first-order valence-corrected chi connectivity index (χ1v) is 8.83. The van der Waals surface area contributed by atoms with Crippen LogP contribution >= 0.6 is 11.6 Å². The molecule has 0 spiro atoms. The first kappa shape index (κ1) is 17.5. The maximum atomic E-state index is 13.3. The molecule has 5 nitrogen and oxygen atoms in total. The van der Waals surface area contributed by atoms with Crippen LogP contribution in [-0.4, -0.2) is 59.3 Å². The molecule has 2 aliphatic rings. The molecule has 0 bridgehead atoms. The van der Waals surface area contributed by atoms with Crippen LogP contribution in [0.5, 0.6) is 0 Å². The van der Waals surface area contributed by atoms with Crippen LogP contribution in [0, 0.1) is 5.82 Å². The van der Waals surface area contributed by atoms with Crippen molar-refractivity contribution in [3.8, 4) is 0 Å². The van der Waals surface area contributed by atoms with Crippen molar-refractivity contribution in [2.24, 2.45) is 0 Å². The van der Waals surface area contributed by atoms with Gasteiger partial charge in [0, 0.05) is 36.4 Å². The Labute approximate surface area is 146 Å². The van der Waals surface area contributed by atoms with E-state index in [0.717, 1.165) is 38.8 Å². The SMILES string of the molecule is O=C(Nc1cc(F)cc(Cl)c1)N1CCC(N2CCCC(O)C2)CC1. The molecule has 0 aliphatic carbocycles. The number of urea groups is 1. The lowest BCUT2D eigenvalue weighted by Crippen LogP contribution is -2.51. The lowest BCUT2D eigenvalue weighted by Gasteiger charge is -2.41. The van der Waals surface area contributed by atoms with Gasteiger partial charge in [0.15, 0.2) is 0 Å². The molecule has 2 heterocycles. The third-order valence-electron chi connectivity index (χ3n) is 4.81. The Morgan fingerprint density at radius 1 is 1.21 bits per heavy atom. The number of hydrogen-bond donors (Lipinski definition) is 2. The largest absolute Gasteiger partial charge is 0.392 e. The standard InChI is InChI=1S/C17H23ClFN3O2/c18-12-8-13(19)10-14(9-12)20-17(24)21-6-3-15(4-7-21)22-5-1-2-16(23)11-22/h8-10,15-16,23H,1-7,11H2,(H,20,24). The van der Waals surface area contributed by atoms with Gasteiger partial charge in [0.1, 0.15) is 5.82 Å². The van der Waals surface area contributed by atoms with Crippen LogP contribution in [0.2, 0.25) is 5.02 Å². The number of aliphatic hydroxyl groups is 1. The Kier molecular flexibility index (Phi) is 5.58. The Morgan fingerprint density at radius 2 is 1.96 bits per heavy atom. The summed E-state index contributed by atoms with van der Waals surface area (Å²) < 4.78 is 13.3. The molecule has 1 aromatic carbocycles. The molecule has 0 aromatic heterocycles. The molecule has 2 amide bonds. The number of likely N-dealkylation sites (tertiary alicyclic amines) is 2. The number of hydrogen-bond acceptors (Lipinski definition) is 3. The summed E-state index contributed by atoms with van der Waals surface area (Å²) in [4.78, 5) is 16.4. The number of carbonyl (C=O) groups excluding carboxylic acids is 1. The minimum Gasteiger partial charge on any atom is -0.392 e. The van der Waals surface area contributed by atoms with Crippen LogP contribution in [-0.2, 0) is 0 Å². The van der Waals surface area contributed by atoms with Gasteiger partial charge in [-0.25, -0.2) is 9.18 Å². The molecule has 0 radical (unpaired) electrons. The smallest absolute Gasteiger partial charge is 0.321 e. The number of aliphatic hydroxyl groups excluding tert-OH is 1. The molecule has 1 unspecified atom stereocenters. The Balaban J connectivity index is 1.51. The fourth-order valence-electron chi connectivity index (χ4n) is 3.58. The van der Waals surface area contributed by atoms with Gasteiger partial charge in [0.25, 0.3) is 0 Å². The normalized spacial score (nSPS) is 23.3. The first-order chi connectivity index (χ1) is 11.5. The number of nitrogens with one attached hydrogen (secondary N) is 1. The van der Waals surface area contributed by atoms with Crippen molar-refractivity contribution in [1.29, 1.82) is 0 Å². The number of carbonyl (C=O) groups is 1. The number of rotatable bonds is 2. The highest BCUT2D eigenvalue weighted by atomic mass is 35.5. The molecule has 1 aromatic rings. The van der Waals surface area contributed by atoms with Crippen LogP contribution in [0.25, 0.3) is 0 Å². The van der Waals surface area contributed by atoms with Gasteiger partial charge >= 0.3 is 6.03 Å². The molecule has 24 heavy (non-hydrogen) atoms. The zero-order chi connectivity index (χ0) is 17.1. The second kappa shape index (κ2) is 7.68. The number of benzene rings is 1. The molecular formula is C17H23ClFN3O2. The maximum Gasteiger partial charge on any atom is 0.321 e. The summed E-state index contributed by atoms with van der Waals surface area (Å²) in [6, 6.07) is 4.19. The zero-order valence-corrected chi connectivity index (χ0v) is 14.3. The summed E-state index contributed by atoms with van der Waals surface area (Å²) in [6.07, 6.45) is 3.47. The highest BCUT2D eigenvalue weighted by Crippen LogP contribution is 2.22. The highest BCUT2D eigenvalue weighted by Gasteiger charge is 2.29. The van der Waals surface area contributed by atoms with Gasteiger partial charge in [0.05, 0.1) is 6.10 Å². The highest BCUT2D eigenvalue weighted by molar-refractivity contribution is 6.30. The van der Waals surface area contributed by atoms with Gasteiger partial charge in [-0.1, -0.05) is 11.6 Å². The second-order valence-corrected chi connectivity index (χ2v) is 7.03. The zero-order valence-electron chi connectivity index (χ0n) is 13.5. The summed E-state index contributed by atoms with van der Waals surface area (Å²) in [5, 5.41) is 12.8. The van der Waals surface area contributed by atoms with Gasteiger partial charge in [-0.2, -0.15) is 0 Å². The number of β-amino-alcohol motifs (C(OH)–C–C–N with tert-alkyl or cyclic N) is 1. The Bertz CT molecular complexity index is 573. The monoisotopic (exact) mass is 355 g/mol. The predicted molar refractivity (Wildman–Crippen MR) is 91.8 cm³/mol. The van der Waals surface area contributed by atoms with Gasteiger partial charge in [-0.3, -0.25) is 4.90 Å². The van der Waals surface area contributed by atoms with E-state index in [1.807, 2.05) is 0 Å². The van der Waals surface area contributed by atoms with E-state index in [0.29, 0.717) is 24.8 Å². The van der Waals surface area contributed by atoms with Crippen molar-refractivity contribution in [3.05, 3.63) is 29.0 Å². The fraction of sp³-hybridized carbons (Fsp3) is 0.588. The van der Waals surface area contributed by atoms with E-state index in [1.54, 1.807) is 4.90 Å². The van der Waals surface area contributed by atoms with Crippen molar-refractivity contribution in [1.82, 2.24) is 9.80 Å². The molecular weight excluding hydrogens is 333 g/mol. The molecule has 132 valence electrons. The average Bonchev–Trinajstić information content (AvgIpc) is 2.54. The van der Waals surface area contributed by atoms with Gasteiger partial charge in [0.2, 0.25) is 0 Å². The molecule has 7 heteroatoms. The maximum absolute atomic E-state index is 13.3. The van der Waals surface area contributed by atoms with Crippen LogP contribution in [0.3, 0.4) is 0 Å². The molecule has 3 rings (SSSR count). The van der Waals surface area contributed by atoms with Crippen LogP contribution in [0.1, 0.15) is 25.7 Å². The summed E-state index contributed by atoms with van der Waals surface area (Å²) in [5.41, 5.74) is 0.367. The summed E-state index contributed by atoms with van der Waals surface area (Å²) in [5.74, 6) is -0.472. The van der Waals surface area contributed by atoms with Crippen molar-refractivity contribution >= 4 is 23.3 Å². The van der Waals surface area contributed by atoms with E-state index in [4.69, 9.17) is 11.6 Å². The molecule has 2 fully saturated rings. The molecule has 1 atom stereocenters. The van der Waals surface area contributed by atoms with Crippen LogP contribution < -0.4 is 5.32 Å². The number of piperidine rings is 2. The van der Waals surface area contributed by atoms with E-state index in [-0.39, 0.29) is 17.2 Å². The lowest BCUT2D eigenvalue weighted by atomic mass is 9.99. The molecule has 2 N–H and O–H groups in total. The van der Waals surface area contributed by atoms with E-state index in [1.165, 1.54) is 18.2 Å². The van der Waals surface area contributed by atoms with E-state index in [9.17, 15) is 14.3 Å². The third-order valence-corrected chi connectivity index (χ3v) is 5.03.